The Bertz CT molecular complexity index is 1300. The average molecular weight is 443 g/mol. The van der Waals surface area contributed by atoms with E-state index in [0.717, 1.165) is 39.4 Å². The summed E-state index contributed by atoms with van der Waals surface area (Å²) in [6.07, 6.45) is 1.74. The van der Waals surface area contributed by atoms with Crippen molar-refractivity contribution in [1.82, 2.24) is 19.7 Å². The summed E-state index contributed by atoms with van der Waals surface area (Å²) in [6, 6.07) is 17.6. The maximum Gasteiger partial charge on any atom is 0.255 e. The Morgan fingerprint density at radius 2 is 1.82 bits per heavy atom. The van der Waals surface area contributed by atoms with E-state index in [1.807, 2.05) is 78.0 Å². The number of hydrogen-bond acceptors (Lipinski definition) is 5. The van der Waals surface area contributed by atoms with Crippen LogP contribution in [0.3, 0.4) is 0 Å². The molecule has 7 heteroatoms. The van der Waals surface area contributed by atoms with E-state index in [1.54, 1.807) is 6.20 Å². The summed E-state index contributed by atoms with van der Waals surface area (Å²) in [5.41, 5.74) is 4.05. The number of rotatable bonds is 6. The molecule has 3 heterocycles. The molecule has 0 saturated carbocycles. The number of nitrogens with zero attached hydrogens (tertiary/aromatic N) is 4. The highest BCUT2D eigenvalue weighted by Gasteiger charge is 2.22. The van der Waals surface area contributed by atoms with E-state index in [0.29, 0.717) is 38.4 Å². The summed E-state index contributed by atoms with van der Waals surface area (Å²) >= 11 is 0. The van der Waals surface area contributed by atoms with Gasteiger partial charge in [-0.15, -0.1) is 0 Å². The molecule has 5 rings (SSSR count). The number of carbonyl (C=O) groups excluding carboxylic acids is 1. The normalized spacial score (nSPS) is 12.7. The van der Waals surface area contributed by atoms with E-state index in [4.69, 9.17) is 14.5 Å². The van der Waals surface area contributed by atoms with Crippen LogP contribution >= 0.6 is 0 Å². The van der Waals surface area contributed by atoms with Crippen LogP contribution in [0, 0.1) is 0 Å². The van der Waals surface area contributed by atoms with Crippen molar-refractivity contribution in [2.75, 3.05) is 19.8 Å². The first-order chi connectivity index (χ1) is 16.2. The molecule has 0 unspecified atom stereocenters. The number of amides is 1. The zero-order valence-corrected chi connectivity index (χ0v) is 18.8. The van der Waals surface area contributed by atoms with Gasteiger partial charge in [0.2, 0.25) is 0 Å². The summed E-state index contributed by atoms with van der Waals surface area (Å²) in [7, 11) is 0. The first-order valence-electron chi connectivity index (χ1n) is 11.3. The van der Waals surface area contributed by atoms with Gasteiger partial charge < -0.3 is 14.4 Å². The molecule has 168 valence electrons. The van der Waals surface area contributed by atoms with Gasteiger partial charge in [-0.1, -0.05) is 36.4 Å². The number of carbonyl (C=O) groups is 1. The lowest BCUT2D eigenvalue weighted by atomic mass is 10.1. The van der Waals surface area contributed by atoms with Gasteiger partial charge in [-0.05, 0) is 37.6 Å². The third-order valence-corrected chi connectivity index (χ3v) is 5.86. The van der Waals surface area contributed by atoms with Crippen LogP contribution in [0.1, 0.15) is 29.8 Å². The highest BCUT2D eigenvalue weighted by Crippen LogP contribution is 2.32. The predicted molar refractivity (Wildman–Crippen MR) is 126 cm³/mol. The first kappa shape index (κ1) is 21.0. The molecule has 1 amide bonds. The minimum absolute atomic E-state index is 0.0485. The quantitative estimate of drug-likeness (QED) is 0.438. The highest BCUT2D eigenvalue weighted by molar-refractivity contribution is 6.06. The van der Waals surface area contributed by atoms with Crippen molar-refractivity contribution >= 4 is 16.9 Å². The Balaban J connectivity index is 1.53. The molecular formula is C26H26N4O3. The topological polar surface area (TPSA) is 69.5 Å². The van der Waals surface area contributed by atoms with Crippen molar-refractivity contribution in [3.05, 3.63) is 71.9 Å². The van der Waals surface area contributed by atoms with Crippen LogP contribution in [0.15, 0.2) is 60.8 Å². The van der Waals surface area contributed by atoms with Crippen LogP contribution in [0.2, 0.25) is 0 Å². The van der Waals surface area contributed by atoms with Crippen molar-refractivity contribution in [2.45, 2.75) is 26.9 Å². The molecule has 1 aliphatic heterocycles. The lowest BCUT2D eigenvalue weighted by Crippen LogP contribution is -2.30. The standard InChI is InChI=1S/C26H26N4O3/c1-3-29(17-18-10-11-23-24(14-18)33-13-12-32-23)26(31)20-15-22(19-8-6-5-7-9-19)28-25-21(20)16-27-30(25)4-2/h5-11,14-16H,3-4,12-13,17H2,1-2H3. The lowest BCUT2D eigenvalue weighted by molar-refractivity contribution is 0.0754. The number of fused-ring (bicyclic) bond motifs is 2. The van der Waals surface area contributed by atoms with E-state index in [1.165, 1.54) is 0 Å². The lowest BCUT2D eigenvalue weighted by Gasteiger charge is -2.23. The van der Waals surface area contributed by atoms with Gasteiger partial charge in [-0.25, -0.2) is 9.67 Å². The molecule has 4 aromatic rings. The second-order valence-electron chi connectivity index (χ2n) is 7.92. The van der Waals surface area contributed by atoms with Crippen molar-refractivity contribution in [1.29, 1.82) is 0 Å². The molecule has 0 atom stereocenters. The average Bonchev–Trinajstić information content (AvgIpc) is 3.30. The smallest absolute Gasteiger partial charge is 0.255 e. The first-order valence-corrected chi connectivity index (χ1v) is 11.3. The largest absolute Gasteiger partial charge is 0.486 e. The maximum atomic E-state index is 13.8. The fourth-order valence-electron chi connectivity index (χ4n) is 4.12. The fraction of sp³-hybridized carbons (Fsp3) is 0.269. The highest BCUT2D eigenvalue weighted by atomic mass is 16.6. The van der Waals surface area contributed by atoms with Gasteiger partial charge in [0.25, 0.3) is 5.91 Å². The zero-order chi connectivity index (χ0) is 22.8. The number of pyridine rings is 1. The SMILES string of the molecule is CCN(Cc1ccc2c(c1)OCCO2)C(=O)c1cc(-c2ccccc2)nc2c1cnn2CC. The van der Waals surface area contributed by atoms with E-state index < -0.39 is 0 Å². The molecule has 33 heavy (non-hydrogen) atoms. The van der Waals surface area contributed by atoms with Crippen LogP contribution in [0.5, 0.6) is 11.5 Å². The van der Waals surface area contributed by atoms with Crippen LogP contribution in [-0.2, 0) is 13.1 Å². The van der Waals surface area contributed by atoms with E-state index >= 15 is 0 Å². The van der Waals surface area contributed by atoms with Crippen LogP contribution in [-0.4, -0.2) is 45.3 Å². The molecule has 2 aromatic carbocycles. The van der Waals surface area contributed by atoms with Crippen molar-refractivity contribution in [3.63, 3.8) is 0 Å². The minimum atomic E-state index is -0.0485. The van der Waals surface area contributed by atoms with Gasteiger partial charge in [0.05, 0.1) is 22.8 Å². The summed E-state index contributed by atoms with van der Waals surface area (Å²) in [5, 5.41) is 5.23. The van der Waals surface area contributed by atoms with Gasteiger partial charge in [0, 0.05) is 25.2 Å². The summed E-state index contributed by atoms with van der Waals surface area (Å²) < 4.78 is 13.2. The molecule has 2 aromatic heterocycles. The Labute approximate surface area is 192 Å². The van der Waals surface area contributed by atoms with Crippen molar-refractivity contribution < 1.29 is 14.3 Å². The molecule has 0 fully saturated rings. The van der Waals surface area contributed by atoms with E-state index in [2.05, 4.69) is 5.10 Å². The van der Waals surface area contributed by atoms with Crippen molar-refractivity contribution in [2.24, 2.45) is 0 Å². The van der Waals surface area contributed by atoms with E-state index in [-0.39, 0.29) is 5.91 Å². The van der Waals surface area contributed by atoms with Crippen LogP contribution < -0.4 is 9.47 Å². The third-order valence-electron chi connectivity index (χ3n) is 5.86. The maximum absolute atomic E-state index is 13.8. The number of aromatic nitrogens is 3. The summed E-state index contributed by atoms with van der Waals surface area (Å²) in [4.78, 5) is 20.4. The molecular weight excluding hydrogens is 416 g/mol. The van der Waals surface area contributed by atoms with Gasteiger partial charge >= 0.3 is 0 Å². The second kappa shape index (κ2) is 8.94. The molecule has 0 saturated heterocycles. The van der Waals surface area contributed by atoms with Gasteiger partial charge in [0.1, 0.15) is 13.2 Å². The number of benzene rings is 2. The second-order valence-corrected chi connectivity index (χ2v) is 7.92. The molecule has 0 bridgehead atoms. The van der Waals surface area contributed by atoms with Gasteiger partial charge in [0.15, 0.2) is 17.1 Å². The minimum Gasteiger partial charge on any atom is -0.486 e. The molecule has 7 nitrogen and oxygen atoms in total. The van der Waals surface area contributed by atoms with Crippen LogP contribution in [0.4, 0.5) is 0 Å². The zero-order valence-electron chi connectivity index (χ0n) is 18.8. The summed E-state index contributed by atoms with van der Waals surface area (Å²) in [6.45, 7) is 6.81. The summed E-state index contributed by atoms with van der Waals surface area (Å²) in [5.74, 6) is 1.42. The molecule has 0 radical (unpaired) electrons. The molecule has 0 spiro atoms. The Morgan fingerprint density at radius 1 is 1.03 bits per heavy atom. The molecule has 1 aliphatic rings. The molecule has 0 aliphatic carbocycles. The predicted octanol–water partition coefficient (Wildman–Crippen LogP) is 4.55. The third kappa shape index (κ3) is 4.02. The number of ether oxygens (including phenoxy) is 2. The molecule has 0 N–H and O–H groups in total. The fourth-order valence-corrected chi connectivity index (χ4v) is 4.12. The van der Waals surface area contributed by atoms with Crippen LogP contribution in [0.25, 0.3) is 22.3 Å². The van der Waals surface area contributed by atoms with Crippen molar-refractivity contribution in [3.8, 4) is 22.8 Å². The number of aryl methyl sites for hydroxylation is 1. The van der Waals surface area contributed by atoms with E-state index in [9.17, 15) is 4.79 Å². The monoisotopic (exact) mass is 442 g/mol. The Hall–Kier alpha value is -3.87. The Morgan fingerprint density at radius 3 is 2.58 bits per heavy atom. The Kier molecular flexibility index (Phi) is 5.69. The van der Waals surface area contributed by atoms with Gasteiger partial charge in [-0.2, -0.15) is 5.10 Å². The van der Waals surface area contributed by atoms with Gasteiger partial charge in [-0.3, -0.25) is 4.79 Å². The number of hydrogen-bond donors (Lipinski definition) is 0.